The minimum atomic E-state index is -0.679. The summed E-state index contributed by atoms with van der Waals surface area (Å²) >= 11 is 0. The first-order chi connectivity index (χ1) is 15.1. The molecule has 0 saturated carbocycles. The highest BCUT2D eigenvalue weighted by atomic mass is 16.5. The number of carbonyl (C=O) groups excluding carboxylic acids is 1. The monoisotopic (exact) mass is 445 g/mol. The fourth-order valence-electron chi connectivity index (χ4n) is 4.05. The summed E-state index contributed by atoms with van der Waals surface area (Å²) in [7, 11) is 4.54. The molecule has 9 heteroatoms. The van der Waals surface area contributed by atoms with Crippen molar-refractivity contribution in [1.82, 2.24) is 15.3 Å². The molecular formula is C23H31N3O6. The number of ether oxygens (including phenoxy) is 3. The number of aromatic amines is 1. The number of hydrogen-bond donors (Lipinski definition) is 3. The zero-order valence-electron chi connectivity index (χ0n) is 19.4. The van der Waals surface area contributed by atoms with Crippen LogP contribution in [0.3, 0.4) is 0 Å². The number of amides is 1. The molecule has 0 spiro atoms. The Morgan fingerprint density at radius 1 is 1.31 bits per heavy atom. The lowest BCUT2D eigenvalue weighted by Crippen LogP contribution is -2.32. The van der Waals surface area contributed by atoms with Crippen LogP contribution >= 0.6 is 0 Å². The fraction of sp³-hybridized carbons (Fsp3) is 0.522. The molecule has 2 aromatic heterocycles. The van der Waals surface area contributed by atoms with E-state index in [9.17, 15) is 14.7 Å². The van der Waals surface area contributed by atoms with Crippen LogP contribution in [0.25, 0.3) is 11.4 Å². The Balaban J connectivity index is 2.21. The van der Waals surface area contributed by atoms with Crippen LogP contribution in [0.15, 0.2) is 10.9 Å². The summed E-state index contributed by atoms with van der Waals surface area (Å²) in [6.45, 7) is 7.17. The van der Waals surface area contributed by atoms with Crippen LogP contribution in [0.2, 0.25) is 0 Å². The van der Waals surface area contributed by atoms with E-state index >= 15 is 0 Å². The van der Waals surface area contributed by atoms with Crippen molar-refractivity contribution in [1.29, 1.82) is 0 Å². The second kappa shape index (κ2) is 9.20. The predicted molar refractivity (Wildman–Crippen MR) is 120 cm³/mol. The van der Waals surface area contributed by atoms with Crippen molar-refractivity contribution in [2.75, 3.05) is 34.5 Å². The van der Waals surface area contributed by atoms with Gasteiger partial charge in [0.2, 0.25) is 0 Å². The molecule has 1 aliphatic carbocycles. The summed E-state index contributed by atoms with van der Waals surface area (Å²) in [6.07, 6.45) is 1.26. The van der Waals surface area contributed by atoms with Gasteiger partial charge in [-0.2, -0.15) is 0 Å². The number of aromatic hydroxyl groups is 1. The lowest BCUT2D eigenvalue weighted by atomic mass is 9.69. The summed E-state index contributed by atoms with van der Waals surface area (Å²) in [5, 5.41) is 13.5. The van der Waals surface area contributed by atoms with E-state index in [1.54, 1.807) is 7.11 Å². The number of pyridine rings is 2. The second-order valence-corrected chi connectivity index (χ2v) is 8.87. The molecule has 9 nitrogen and oxygen atoms in total. The Labute approximate surface area is 187 Å². The molecule has 1 aliphatic rings. The van der Waals surface area contributed by atoms with Gasteiger partial charge in [0.15, 0.2) is 5.75 Å². The largest absolute Gasteiger partial charge is 0.507 e. The van der Waals surface area contributed by atoms with Crippen molar-refractivity contribution in [3.63, 3.8) is 0 Å². The summed E-state index contributed by atoms with van der Waals surface area (Å²) in [5.41, 5.74) is 1.01. The van der Waals surface area contributed by atoms with Gasteiger partial charge in [0.05, 0.1) is 25.1 Å². The quantitative estimate of drug-likeness (QED) is 0.560. The van der Waals surface area contributed by atoms with Crippen molar-refractivity contribution in [2.45, 2.75) is 39.5 Å². The maximum absolute atomic E-state index is 12.7. The summed E-state index contributed by atoms with van der Waals surface area (Å²) in [6, 6.07) is 1.87. The van der Waals surface area contributed by atoms with E-state index in [1.807, 2.05) is 6.07 Å². The molecule has 0 fully saturated rings. The number of hydrogen-bond acceptors (Lipinski definition) is 7. The first kappa shape index (κ1) is 23.6. The zero-order chi connectivity index (χ0) is 23.6. The molecule has 0 radical (unpaired) electrons. The van der Waals surface area contributed by atoms with Crippen molar-refractivity contribution < 1.29 is 24.1 Å². The van der Waals surface area contributed by atoms with Crippen LogP contribution in [0.5, 0.6) is 17.4 Å². The molecule has 1 atom stereocenters. The number of nitrogens with zero attached hydrogens (tertiary/aromatic N) is 1. The molecule has 0 saturated heterocycles. The molecule has 2 aromatic rings. The van der Waals surface area contributed by atoms with Gasteiger partial charge in [0.25, 0.3) is 17.3 Å². The zero-order valence-corrected chi connectivity index (χ0v) is 19.4. The van der Waals surface area contributed by atoms with E-state index in [2.05, 4.69) is 36.1 Å². The lowest BCUT2D eigenvalue weighted by molar-refractivity contribution is 0.0958. The molecule has 3 rings (SSSR count). The summed E-state index contributed by atoms with van der Waals surface area (Å²) < 4.78 is 16.4. The predicted octanol–water partition coefficient (Wildman–Crippen LogP) is 2.61. The number of H-pyrrole nitrogens is 1. The summed E-state index contributed by atoms with van der Waals surface area (Å²) in [4.78, 5) is 32.4. The molecule has 1 unspecified atom stereocenters. The highest BCUT2D eigenvalue weighted by Crippen LogP contribution is 2.50. The van der Waals surface area contributed by atoms with Gasteiger partial charge in [0.1, 0.15) is 11.3 Å². The Morgan fingerprint density at radius 3 is 2.62 bits per heavy atom. The minimum Gasteiger partial charge on any atom is -0.507 e. The molecule has 174 valence electrons. The van der Waals surface area contributed by atoms with E-state index in [0.717, 1.165) is 5.56 Å². The van der Waals surface area contributed by atoms with Gasteiger partial charge in [-0.3, -0.25) is 9.59 Å². The van der Waals surface area contributed by atoms with Crippen molar-refractivity contribution in [3.05, 3.63) is 33.1 Å². The number of nitrogens with one attached hydrogen (secondary N) is 2. The SMILES string of the molecule is CNC(=O)c1c(O)c2c([nH]c1=O)-c1nc(OC)c(OCCCOC)cc1CC2C(C)(C)C. The van der Waals surface area contributed by atoms with Gasteiger partial charge < -0.3 is 29.6 Å². The molecular weight excluding hydrogens is 414 g/mol. The number of carbonyl (C=O) groups is 1. The fourth-order valence-corrected chi connectivity index (χ4v) is 4.05. The van der Waals surface area contributed by atoms with E-state index < -0.39 is 11.5 Å². The Bertz CT molecular complexity index is 1070. The molecule has 1 amide bonds. The van der Waals surface area contributed by atoms with Crippen LogP contribution in [-0.4, -0.2) is 55.5 Å². The van der Waals surface area contributed by atoms with Gasteiger partial charge in [-0.1, -0.05) is 20.8 Å². The van der Waals surface area contributed by atoms with Gasteiger partial charge >= 0.3 is 0 Å². The smallest absolute Gasteiger partial charge is 0.265 e. The van der Waals surface area contributed by atoms with Crippen molar-refractivity contribution >= 4 is 5.91 Å². The van der Waals surface area contributed by atoms with E-state index in [4.69, 9.17) is 14.2 Å². The topological polar surface area (TPSA) is 123 Å². The highest BCUT2D eigenvalue weighted by Gasteiger charge is 2.39. The number of aromatic nitrogens is 2. The number of rotatable bonds is 7. The standard InChI is InChI=1S/C23H31N3O6/c1-23(2,3)13-10-12-11-14(32-9-7-8-30-5)22(31-6)26-17(12)18-15(13)19(27)16(20(28)24-4)21(29)25-18/h11,13H,7-10H2,1-6H3,(H,24,28)(H2,25,27,29). The third-order valence-electron chi connectivity index (χ3n) is 5.71. The first-order valence-electron chi connectivity index (χ1n) is 10.5. The van der Waals surface area contributed by atoms with Crippen LogP contribution in [0.1, 0.15) is 54.6 Å². The maximum atomic E-state index is 12.7. The van der Waals surface area contributed by atoms with Crippen LogP contribution < -0.4 is 20.3 Å². The average molecular weight is 446 g/mol. The Hall–Kier alpha value is -3.07. The Morgan fingerprint density at radius 2 is 2.03 bits per heavy atom. The normalized spacial score (nSPS) is 15.0. The first-order valence-corrected chi connectivity index (χ1v) is 10.5. The van der Waals surface area contributed by atoms with Crippen LogP contribution in [-0.2, 0) is 11.2 Å². The molecule has 2 heterocycles. The van der Waals surface area contributed by atoms with Gasteiger partial charge in [-0.05, 0) is 29.4 Å². The molecule has 32 heavy (non-hydrogen) atoms. The van der Waals surface area contributed by atoms with Crippen molar-refractivity contribution in [2.24, 2.45) is 5.41 Å². The molecule has 3 N–H and O–H groups in total. The third kappa shape index (κ3) is 4.29. The number of fused-ring (bicyclic) bond motifs is 3. The lowest BCUT2D eigenvalue weighted by Gasteiger charge is -2.36. The second-order valence-electron chi connectivity index (χ2n) is 8.87. The molecule has 0 aliphatic heterocycles. The van der Waals surface area contributed by atoms with Gasteiger partial charge in [-0.25, -0.2) is 4.98 Å². The van der Waals surface area contributed by atoms with Gasteiger partial charge in [0, 0.05) is 32.7 Å². The van der Waals surface area contributed by atoms with E-state index in [-0.39, 0.29) is 28.5 Å². The van der Waals surface area contributed by atoms with Crippen LogP contribution in [0.4, 0.5) is 0 Å². The van der Waals surface area contributed by atoms with Gasteiger partial charge in [-0.15, -0.1) is 0 Å². The number of methoxy groups -OCH3 is 2. The van der Waals surface area contributed by atoms with E-state index in [0.29, 0.717) is 48.8 Å². The molecule has 0 aromatic carbocycles. The third-order valence-corrected chi connectivity index (χ3v) is 5.71. The molecule has 0 bridgehead atoms. The van der Waals surface area contributed by atoms with Crippen LogP contribution in [0, 0.1) is 5.41 Å². The maximum Gasteiger partial charge on any atom is 0.265 e. The highest BCUT2D eigenvalue weighted by molar-refractivity contribution is 5.97. The Kier molecular flexibility index (Phi) is 6.78. The van der Waals surface area contributed by atoms with Crippen molar-refractivity contribution in [3.8, 4) is 28.8 Å². The van der Waals surface area contributed by atoms with E-state index in [1.165, 1.54) is 14.2 Å². The minimum absolute atomic E-state index is 0.179. The average Bonchev–Trinajstić information content (AvgIpc) is 2.74. The summed E-state index contributed by atoms with van der Waals surface area (Å²) in [5.74, 6) is -0.351.